The summed E-state index contributed by atoms with van der Waals surface area (Å²) in [4.78, 5) is 19.5. The van der Waals surface area contributed by atoms with Crippen LogP contribution in [0.2, 0.25) is 0 Å². The van der Waals surface area contributed by atoms with Crippen LogP contribution in [0, 0.1) is 13.8 Å². The van der Waals surface area contributed by atoms with Crippen molar-refractivity contribution in [3.8, 4) is 0 Å². The highest BCUT2D eigenvalue weighted by atomic mass is 16.2. The van der Waals surface area contributed by atoms with E-state index in [1.807, 2.05) is 22.7 Å². The molecule has 1 fully saturated rings. The number of hydrogen-bond acceptors (Lipinski definition) is 4. The van der Waals surface area contributed by atoms with Crippen LogP contribution in [0.5, 0.6) is 0 Å². The van der Waals surface area contributed by atoms with Crippen molar-refractivity contribution in [2.75, 3.05) is 6.54 Å². The largest absolute Gasteiger partial charge is 0.334 e. The third-order valence-electron chi connectivity index (χ3n) is 4.88. The van der Waals surface area contributed by atoms with Gasteiger partial charge >= 0.3 is 0 Å². The number of piperidine rings is 1. The van der Waals surface area contributed by atoms with E-state index in [1.165, 1.54) is 0 Å². The van der Waals surface area contributed by atoms with Crippen LogP contribution >= 0.6 is 0 Å². The fourth-order valence-corrected chi connectivity index (χ4v) is 3.65. The highest BCUT2D eigenvalue weighted by Crippen LogP contribution is 2.22. The van der Waals surface area contributed by atoms with Crippen molar-refractivity contribution in [2.24, 2.45) is 0 Å². The first kappa shape index (κ1) is 15.8. The summed E-state index contributed by atoms with van der Waals surface area (Å²) in [6.45, 7) is 5.56. The van der Waals surface area contributed by atoms with Crippen molar-refractivity contribution in [1.82, 2.24) is 29.3 Å². The summed E-state index contributed by atoms with van der Waals surface area (Å²) < 4.78 is 3.66. The molecule has 1 amide bonds. The number of carbonyl (C=O) groups excluding carboxylic acids is 1. The number of amides is 1. The Bertz CT molecular complexity index is 911. The van der Waals surface area contributed by atoms with E-state index in [9.17, 15) is 4.79 Å². The molecule has 1 aliphatic rings. The summed E-state index contributed by atoms with van der Waals surface area (Å²) in [6.07, 6.45) is 8.29. The number of aryl methyl sites for hydroxylation is 2. The molecular weight excluding hydrogens is 316 g/mol. The number of carbonyl (C=O) groups is 1. The third kappa shape index (κ3) is 2.90. The smallest absolute Gasteiger partial charge is 0.259 e. The summed E-state index contributed by atoms with van der Waals surface area (Å²) in [7, 11) is 0. The molecule has 4 rings (SSSR count). The highest BCUT2D eigenvalue weighted by molar-refractivity contribution is 5.99. The zero-order chi connectivity index (χ0) is 17.4. The molecule has 7 nitrogen and oxygen atoms in total. The van der Waals surface area contributed by atoms with Gasteiger partial charge in [0.25, 0.3) is 5.91 Å². The number of hydrogen-bond donors (Lipinski definition) is 0. The lowest BCUT2D eigenvalue weighted by Gasteiger charge is -2.35. The van der Waals surface area contributed by atoms with Gasteiger partial charge in [-0.2, -0.15) is 10.2 Å². The topological polar surface area (TPSA) is 68.3 Å². The first-order valence-corrected chi connectivity index (χ1v) is 8.74. The Kier molecular flexibility index (Phi) is 3.99. The van der Waals surface area contributed by atoms with E-state index in [1.54, 1.807) is 23.0 Å². The molecular formula is C18H22N6O. The summed E-state index contributed by atoms with van der Waals surface area (Å²) >= 11 is 0. The second kappa shape index (κ2) is 6.31. The Morgan fingerprint density at radius 3 is 3.00 bits per heavy atom. The number of aromatic nitrogens is 5. The monoisotopic (exact) mass is 338 g/mol. The molecule has 1 saturated heterocycles. The van der Waals surface area contributed by atoms with Gasteiger partial charge in [-0.05, 0) is 45.2 Å². The van der Waals surface area contributed by atoms with Crippen molar-refractivity contribution in [2.45, 2.75) is 45.7 Å². The number of fused-ring (bicyclic) bond motifs is 1. The average molecular weight is 338 g/mol. The summed E-state index contributed by atoms with van der Waals surface area (Å²) in [5.74, 6) is 0.0138. The Hall–Kier alpha value is -2.70. The van der Waals surface area contributed by atoms with E-state index in [0.717, 1.165) is 43.7 Å². The van der Waals surface area contributed by atoms with Crippen molar-refractivity contribution in [1.29, 1.82) is 0 Å². The molecule has 7 heteroatoms. The molecule has 0 aromatic carbocycles. The Morgan fingerprint density at radius 2 is 2.20 bits per heavy atom. The molecule has 1 atom stereocenters. The van der Waals surface area contributed by atoms with Crippen LogP contribution in [0.3, 0.4) is 0 Å². The van der Waals surface area contributed by atoms with Gasteiger partial charge in [0.05, 0.1) is 24.5 Å². The molecule has 3 aromatic rings. The molecule has 130 valence electrons. The molecule has 4 heterocycles. The summed E-state index contributed by atoms with van der Waals surface area (Å²) in [6, 6.07) is 4.03. The van der Waals surface area contributed by atoms with Gasteiger partial charge in [0.15, 0.2) is 5.65 Å². The van der Waals surface area contributed by atoms with E-state index in [-0.39, 0.29) is 11.9 Å². The molecule has 3 aromatic heterocycles. The minimum Gasteiger partial charge on any atom is -0.334 e. The first-order valence-electron chi connectivity index (χ1n) is 8.74. The first-order chi connectivity index (χ1) is 12.1. The quantitative estimate of drug-likeness (QED) is 0.734. The van der Waals surface area contributed by atoms with Gasteiger partial charge in [-0.15, -0.1) is 0 Å². The molecule has 0 aliphatic carbocycles. The molecule has 1 aliphatic heterocycles. The van der Waals surface area contributed by atoms with Crippen LogP contribution in [-0.4, -0.2) is 47.8 Å². The summed E-state index contributed by atoms with van der Waals surface area (Å²) in [5, 5.41) is 8.81. The van der Waals surface area contributed by atoms with Crippen LogP contribution in [0.25, 0.3) is 5.65 Å². The second-order valence-electron chi connectivity index (χ2n) is 6.70. The van der Waals surface area contributed by atoms with E-state index in [0.29, 0.717) is 11.2 Å². The van der Waals surface area contributed by atoms with Crippen molar-refractivity contribution >= 4 is 11.6 Å². The molecule has 0 saturated carbocycles. The highest BCUT2D eigenvalue weighted by Gasteiger charge is 2.30. The number of likely N-dealkylation sites (tertiary alicyclic amines) is 1. The minimum atomic E-state index is 0.0138. The zero-order valence-corrected chi connectivity index (χ0v) is 14.6. The summed E-state index contributed by atoms with van der Waals surface area (Å²) in [5.41, 5.74) is 3.33. The van der Waals surface area contributed by atoms with Crippen LogP contribution in [0.1, 0.15) is 41.0 Å². The van der Waals surface area contributed by atoms with Gasteiger partial charge in [-0.1, -0.05) is 0 Å². The lowest BCUT2D eigenvalue weighted by Crippen LogP contribution is -2.46. The fourth-order valence-electron chi connectivity index (χ4n) is 3.65. The Morgan fingerprint density at radius 1 is 1.32 bits per heavy atom. The maximum atomic E-state index is 13.2. The van der Waals surface area contributed by atoms with Gasteiger partial charge in [-0.25, -0.2) is 9.50 Å². The normalized spacial score (nSPS) is 18.0. The molecule has 0 bridgehead atoms. The van der Waals surface area contributed by atoms with Gasteiger partial charge in [0.1, 0.15) is 5.56 Å². The SMILES string of the molecule is Cc1cc(C)n(C[C@@H]2CCCCN2C(=O)c2cnn3cccnc23)n1. The van der Waals surface area contributed by atoms with Crippen molar-refractivity contribution < 1.29 is 4.79 Å². The van der Waals surface area contributed by atoms with Gasteiger partial charge in [-0.3, -0.25) is 9.48 Å². The predicted octanol–water partition coefficient (Wildman–Crippen LogP) is 2.24. The third-order valence-corrected chi connectivity index (χ3v) is 4.88. The van der Waals surface area contributed by atoms with Crippen molar-refractivity contribution in [3.63, 3.8) is 0 Å². The second-order valence-corrected chi connectivity index (χ2v) is 6.70. The minimum absolute atomic E-state index is 0.0138. The van der Waals surface area contributed by atoms with Gasteiger partial charge in [0, 0.05) is 24.6 Å². The van der Waals surface area contributed by atoms with Crippen LogP contribution in [-0.2, 0) is 6.54 Å². The van der Waals surface area contributed by atoms with Crippen LogP contribution < -0.4 is 0 Å². The molecule has 0 spiro atoms. The van der Waals surface area contributed by atoms with E-state index in [2.05, 4.69) is 28.2 Å². The zero-order valence-electron chi connectivity index (χ0n) is 14.6. The Labute approximate surface area is 146 Å². The van der Waals surface area contributed by atoms with E-state index >= 15 is 0 Å². The molecule has 25 heavy (non-hydrogen) atoms. The molecule has 0 unspecified atom stereocenters. The van der Waals surface area contributed by atoms with E-state index < -0.39 is 0 Å². The van der Waals surface area contributed by atoms with Gasteiger partial charge < -0.3 is 4.90 Å². The maximum absolute atomic E-state index is 13.2. The molecule has 0 N–H and O–H groups in total. The fraction of sp³-hybridized carbons (Fsp3) is 0.444. The maximum Gasteiger partial charge on any atom is 0.259 e. The van der Waals surface area contributed by atoms with Crippen molar-refractivity contribution in [3.05, 3.63) is 47.7 Å². The lowest BCUT2D eigenvalue weighted by molar-refractivity contribution is 0.0584. The average Bonchev–Trinajstić information content (AvgIpc) is 3.18. The van der Waals surface area contributed by atoms with Gasteiger partial charge in [0.2, 0.25) is 0 Å². The lowest BCUT2D eigenvalue weighted by atomic mass is 10.0. The number of rotatable bonds is 3. The number of nitrogens with zero attached hydrogens (tertiary/aromatic N) is 6. The molecule has 0 radical (unpaired) electrons. The standard InChI is InChI=1S/C18H22N6O/c1-13-10-14(2)24(21-13)12-15-6-3-4-8-22(15)18(25)16-11-20-23-9-5-7-19-17(16)23/h5,7,9-11,15H,3-4,6,8,12H2,1-2H3/t15-/m0/s1. The predicted molar refractivity (Wildman–Crippen MR) is 93.4 cm³/mol. The van der Waals surface area contributed by atoms with Crippen LogP contribution in [0.4, 0.5) is 0 Å². The van der Waals surface area contributed by atoms with Crippen LogP contribution in [0.15, 0.2) is 30.7 Å². The van der Waals surface area contributed by atoms with E-state index in [4.69, 9.17) is 0 Å². The Balaban J connectivity index is 1.62.